The summed E-state index contributed by atoms with van der Waals surface area (Å²) >= 11 is 1.52. The van der Waals surface area contributed by atoms with Gasteiger partial charge in [-0.25, -0.2) is 4.98 Å². The van der Waals surface area contributed by atoms with Crippen LogP contribution in [0.1, 0.15) is 5.56 Å². The Hall–Kier alpha value is -2.66. The first-order chi connectivity index (χ1) is 10.7. The highest BCUT2D eigenvalue weighted by molar-refractivity contribution is 7.19. The molecule has 4 rings (SSSR count). The number of aromatic amines is 1. The number of nitrogen functional groups attached to an aromatic ring is 1. The lowest BCUT2D eigenvalue weighted by molar-refractivity contribution is 1.12. The van der Waals surface area contributed by atoms with Gasteiger partial charge in [-0.1, -0.05) is 41.2 Å². The Labute approximate surface area is 131 Å². The van der Waals surface area contributed by atoms with Crippen LogP contribution in [-0.2, 0) is 0 Å². The van der Waals surface area contributed by atoms with E-state index >= 15 is 0 Å². The molecule has 108 valence electrons. The number of rotatable bonds is 2. The number of fused-ring (bicyclic) bond motifs is 1. The normalized spacial score (nSPS) is 11.1. The van der Waals surface area contributed by atoms with Gasteiger partial charge in [0.05, 0.1) is 22.3 Å². The summed E-state index contributed by atoms with van der Waals surface area (Å²) in [5.74, 6) is 0. The van der Waals surface area contributed by atoms with Crippen LogP contribution in [0.4, 0.5) is 5.13 Å². The van der Waals surface area contributed by atoms with Crippen LogP contribution in [0.3, 0.4) is 0 Å². The molecule has 0 aliphatic rings. The molecule has 0 aliphatic carbocycles. The third-order valence-electron chi connectivity index (χ3n) is 3.64. The van der Waals surface area contributed by atoms with Crippen molar-refractivity contribution in [3.05, 3.63) is 54.2 Å². The number of thiazole rings is 1. The Morgan fingerprint density at radius 1 is 1.09 bits per heavy atom. The fourth-order valence-electron chi connectivity index (χ4n) is 2.60. The quantitative estimate of drug-likeness (QED) is 0.582. The molecule has 5 heteroatoms. The van der Waals surface area contributed by atoms with Crippen molar-refractivity contribution < 1.29 is 0 Å². The minimum absolute atomic E-state index is 0.582. The number of hydrogen-bond donors (Lipinski definition) is 2. The third kappa shape index (κ3) is 2.16. The van der Waals surface area contributed by atoms with E-state index in [9.17, 15) is 0 Å². The molecule has 0 radical (unpaired) electrons. The summed E-state index contributed by atoms with van der Waals surface area (Å²) in [6.45, 7) is 2.08. The van der Waals surface area contributed by atoms with E-state index in [1.165, 1.54) is 16.9 Å². The number of hydrogen-bond acceptors (Lipinski definition) is 4. The van der Waals surface area contributed by atoms with Crippen LogP contribution in [0.5, 0.6) is 0 Å². The number of H-pyrrole nitrogens is 1. The molecule has 2 aromatic heterocycles. The van der Waals surface area contributed by atoms with E-state index < -0.39 is 0 Å². The number of benzene rings is 2. The molecule has 3 N–H and O–H groups in total. The second kappa shape index (κ2) is 4.96. The third-order valence-corrected chi connectivity index (χ3v) is 4.57. The molecule has 0 saturated heterocycles. The van der Waals surface area contributed by atoms with Crippen molar-refractivity contribution in [1.29, 1.82) is 0 Å². The second-order valence-corrected chi connectivity index (χ2v) is 6.30. The van der Waals surface area contributed by atoms with Gasteiger partial charge in [-0.05, 0) is 30.7 Å². The molecule has 2 aromatic carbocycles. The van der Waals surface area contributed by atoms with Crippen LogP contribution in [0.25, 0.3) is 32.6 Å². The van der Waals surface area contributed by atoms with Gasteiger partial charge in [0, 0.05) is 10.9 Å². The summed E-state index contributed by atoms with van der Waals surface area (Å²) in [6.07, 6.45) is 1.83. The molecule has 0 spiro atoms. The average Bonchev–Trinajstić information content (AvgIpc) is 3.12. The fourth-order valence-corrected chi connectivity index (χ4v) is 3.46. The second-order valence-electron chi connectivity index (χ2n) is 5.27. The number of anilines is 1. The molecule has 0 fully saturated rings. The van der Waals surface area contributed by atoms with Crippen molar-refractivity contribution in [3.8, 4) is 21.7 Å². The maximum absolute atomic E-state index is 5.97. The molecule has 0 bridgehead atoms. The van der Waals surface area contributed by atoms with Gasteiger partial charge in [0.25, 0.3) is 0 Å². The van der Waals surface area contributed by atoms with E-state index in [1.54, 1.807) is 0 Å². The van der Waals surface area contributed by atoms with Gasteiger partial charge < -0.3 is 5.73 Å². The topological polar surface area (TPSA) is 67.6 Å². The molecular formula is C17H14N4S. The number of aromatic nitrogens is 3. The summed E-state index contributed by atoms with van der Waals surface area (Å²) in [6, 6.07) is 14.6. The summed E-state index contributed by atoms with van der Waals surface area (Å²) in [7, 11) is 0. The van der Waals surface area contributed by atoms with Crippen LogP contribution >= 0.6 is 11.3 Å². The molecular weight excluding hydrogens is 292 g/mol. The maximum Gasteiger partial charge on any atom is 0.181 e. The van der Waals surface area contributed by atoms with Crippen LogP contribution in [-0.4, -0.2) is 15.2 Å². The number of aryl methyl sites for hydroxylation is 1. The van der Waals surface area contributed by atoms with E-state index in [-0.39, 0.29) is 0 Å². The summed E-state index contributed by atoms with van der Waals surface area (Å²) < 4.78 is 0. The summed E-state index contributed by atoms with van der Waals surface area (Å²) in [5, 5.41) is 8.71. The monoisotopic (exact) mass is 306 g/mol. The molecule has 0 amide bonds. The lowest BCUT2D eigenvalue weighted by Gasteiger charge is -2.04. The van der Waals surface area contributed by atoms with Gasteiger partial charge in [-0.15, -0.1) is 0 Å². The van der Waals surface area contributed by atoms with E-state index in [2.05, 4.69) is 52.4 Å². The Bertz CT molecular complexity index is 968. The first-order valence-corrected chi connectivity index (χ1v) is 7.79. The molecule has 0 unspecified atom stereocenters. The lowest BCUT2D eigenvalue weighted by Crippen LogP contribution is -1.85. The van der Waals surface area contributed by atoms with E-state index in [1.807, 2.05) is 18.3 Å². The SMILES string of the molecule is Cc1cccc(-c2nc(N)sc2-c2ccc3[nH]ncc3c2)c1. The number of nitrogens with one attached hydrogen (secondary N) is 1. The fraction of sp³-hybridized carbons (Fsp3) is 0.0588. The molecule has 0 atom stereocenters. The Balaban J connectivity index is 1.91. The Kier molecular flexibility index (Phi) is 2.94. The van der Waals surface area contributed by atoms with Gasteiger partial charge in [0.15, 0.2) is 5.13 Å². The van der Waals surface area contributed by atoms with Crippen molar-refractivity contribution in [2.45, 2.75) is 6.92 Å². The van der Waals surface area contributed by atoms with Gasteiger partial charge >= 0.3 is 0 Å². The molecule has 2 heterocycles. The Morgan fingerprint density at radius 3 is 2.86 bits per heavy atom. The summed E-state index contributed by atoms with van der Waals surface area (Å²) in [5.41, 5.74) is 11.4. The zero-order chi connectivity index (χ0) is 15.1. The molecule has 22 heavy (non-hydrogen) atoms. The zero-order valence-electron chi connectivity index (χ0n) is 12.0. The first kappa shape index (κ1) is 13.0. The van der Waals surface area contributed by atoms with E-state index in [4.69, 9.17) is 5.73 Å². The molecule has 4 nitrogen and oxygen atoms in total. The van der Waals surface area contributed by atoms with Crippen LogP contribution in [0.15, 0.2) is 48.7 Å². The maximum atomic E-state index is 5.97. The standard InChI is InChI=1S/C17H14N4S/c1-10-3-2-4-11(7-10)15-16(22-17(18)20-15)12-5-6-14-13(8-12)9-19-21-14/h2-9H,1H3,(H2,18,20)(H,19,21). The minimum atomic E-state index is 0.582. The first-order valence-electron chi connectivity index (χ1n) is 6.97. The molecule has 0 saturated carbocycles. The van der Waals surface area contributed by atoms with Crippen molar-refractivity contribution >= 4 is 27.4 Å². The van der Waals surface area contributed by atoms with Crippen molar-refractivity contribution in [2.24, 2.45) is 0 Å². The van der Waals surface area contributed by atoms with E-state index in [0.717, 1.165) is 32.6 Å². The van der Waals surface area contributed by atoms with Gasteiger partial charge in [-0.2, -0.15) is 5.10 Å². The van der Waals surface area contributed by atoms with Crippen molar-refractivity contribution in [1.82, 2.24) is 15.2 Å². The highest BCUT2D eigenvalue weighted by Crippen LogP contribution is 2.38. The largest absolute Gasteiger partial charge is 0.375 e. The van der Waals surface area contributed by atoms with E-state index in [0.29, 0.717) is 5.13 Å². The average molecular weight is 306 g/mol. The smallest absolute Gasteiger partial charge is 0.181 e. The highest BCUT2D eigenvalue weighted by Gasteiger charge is 2.14. The lowest BCUT2D eigenvalue weighted by atomic mass is 10.0. The number of nitrogens with two attached hydrogens (primary N) is 1. The number of nitrogens with zero attached hydrogens (tertiary/aromatic N) is 2. The predicted octanol–water partition coefficient (Wildman–Crippen LogP) is 4.24. The predicted molar refractivity (Wildman–Crippen MR) is 91.8 cm³/mol. The van der Waals surface area contributed by atoms with Crippen LogP contribution in [0.2, 0.25) is 0 Å². The van der Waals surface area contributed by atoms with Gasteiger partial charge in [0.1, 0.15) is 0 Å². The van der Waals surface area contributed by atoms with Gasteiger partial charge in [0.2, 0.25) is 0 Å². The van der Waals surface area contributed by atoms with Crippen molar-refractivity contribution in [2.75, 3.05) is 5.73 Å². The molecule has 4 aromatic rings. The molecule has 0 aliphatic heterocycles. The van der Waals surface area contributed by atoms with Crippen LogP contribution < -0.4 is 5.73 Å². The minimum Gasteiger partial charge on any atom is -0.375 e. The van der Waals surface area contributed by atoms with Gasteiger partial charge in [-0.3, -0.25) is 5.10 Å². The highest BCUT2D eigenvalue weighted by atomic mass is 32.1. The zero-order valence-corrected chi connectivity index (χ0v) is 12.8. The van der Waals surface area contributed by atoms with Crippen molar-refractivity contribution in [3.63, 3.8) is 0 Å². The summed E-state index contributed by atoms with van der Waals surface area (Å²) in [4.78, 5) is 5.63. The Morgan fingerprint density at radius 2 is 2.00 bits per heavy atom. The van der Waals surface area contributed by atoms with Crippen LogP contribution in [0, 0.1) is 6.92 Å².